The van der Waals surface area contributed by atoms with Gasteiger partial charge in [0.25, 0.3) is 0 Å². The molecule has 5 nitrogen and oxygen atoms in total. The van der Waals surface area contributed by atoms with Crippen molar-refractivity contribution in [3.8, 4) is 11.5 Å². The molecule has 0 unspecified atom stereocenters. The molecule has 1 atom stereocenters. The highest BCUT2D eigenvalue weighted by Crippen LogP contribution is 2.29. The van der Waals surface area contributed by atoms with Crippen LogP contribution in [0.3, 0.4) is 0 Å². The summed E-state index contributed by atoms with van der Waals surface area (Å²) in [5.74, 6) is 1.33. The summed E-state index contributed by atoms with van der Waals surface area (Å²) >= 11 is 5.93. The van der Waals surface area contributed by atoms with Gasteiger partial charge in [-0.25, -0.2) is 0 Å². The molecule has 0 aliphatic rings. The molecule has 0 spiro atoms. The van der Waals surface area contributed by atoms with Gasteiger partial charge in [0.05, 0.1) is 13.2 Å². The van der Waals surface area contributed by atoms with Gasteiger partial charge < -0.3 is 19.5 Å². The second-order valence-corrected chi connectivity index (χ2v) is 7.74. The fraction of sp³-hybridized carbons (Fsp3) is 0.458. The lowest BCUT2D eigenvalue weighted by Gasteiger charge is -2.17. The molecule has 0 saturated carbocycles. The van der Waals surface area contributed by atoms with Crippen LogP contribution in [0.5, 0.6) is 11.5 Å². The monoisotopic (exact) mass is 433 g/mol. The number of methoxy groups -OCH3 is 1. The lowest BCUT2D eigenvalue weighted by Crippen LogP contribution is -2.37. The summed E-state index contributed by atoms with van der Waals surface area (Å²) in [6, 6.07) is 13.5. The third kappa shape index (κ3) is 7.88. The molecule has 0 bridgehead atoms. The van der Waals surface area contributed by atoms with E-state index in [2.05, 4.69) is 5.32 Å². The zero-order chi connectivity index (χ0) is 21.9. The predicted molar refractivity (Wildman–Crippen MR) is 121 cm³/mol. The van der Waals surface area contributed by atoms with Crippen LogP contribution in [0.2, 0.25) is 5.02 Å². The molecule has 2 aromatic rings. The maximum atomic E-state index is 12.6. The number of aryl methyl sites for hydroxylation is 1. The molecule has 0 aliphatic carbocycles. The lowest BCUT2D eigenvalue weighted by atomic mass is 10.1. The minimum atomic E-state index is -0.470. The van der Waals surface area contributed by atoms with E-state index in [0.29, 0.717) is 36.8 Å². The van der Waals surface area contributed by atoms with E-state index in [1.807, 2.05) is 63.2 Å². The number of ether oxygens (including phenoxy) is 3. The van der Waals surface area contributed by atoms with E-state index in [1.54, 1.807) is 7.11 Å². The van der Waals surface area contributed by atoms with E-state index >= 15 is 0 Å². The summed E-state index contributed by atoms with van der Waals surface area (Å²) in [6.07, 6.45) is 1.68. The Balaban J connectivity index is 1.86. The van der Waals surface area contributed by atoms with E-state index < -0.39 is 6.10 Å². The van der Waals surface area contributed by atoms with Gasteiger partial charge in [0.15, 0.2) is 11.5 Å². The summed E-state index contributed by atoms with van der Waals surface area (Å²) < 4.78 is 16.8. The number of amides is 1. The van der Waals surface area contributed by atoms with Gasteiger partial charge in [0, 0.05) is 18.2 Å². The molecule has 0 aromatic heterocycles. The van der Waals surface area contributed by atoms with Gasteiger partial charge in [-0.05, 0) is 75.4 Å². The summed E-state index contributed by atoms with van der Waals surface area (Å²) in [7, 11) is 1.63. The van der Waals surface area contributed by atoms with Crippen LogP contribution in [0.4, 0.5) is 0 Å². The van der Waals surface area contributed by atoms with Crippen LogP contribution in [0, 0.1) is 0 Å². The first-order valence-electron chi connectivity index (χ1n) is 10.4. The summed E-state index contributed by atoms with van der Waals surface area (Å²) in [4.78, 5) is 12.6. The fourth-order valence-corrected chi connectivity index (χ4v) is 3.23. The lowest BCUT2D eigenvalue weighted by molar-refractivity contribution is -0.132. The van der Waals surface area contributed by atoms with Gasteiger partial charge >= 0.3 is 0 Å². The Morgan fingerprint density at radius 2 is 1.73 bits per heavy atom. The Morgan fingerprint density at radius 3 is 2.37 bits per heavy atom. The normalized spacial score (nSPS) is 11.9. The van der Waals surface area contributed by atoms with Crippen molar-refractivity contribution < 1.29 is 19.0 Å². The van der Waals surface area contributed by atoms with Crippen molar-refractivity contribution in [1.82, 2.24) is 5.32 Å². The standard InChI is InChI=1S/C24H32ClNO4/c1-5-29-22(13-8-18-6-10-20(25)11-7-18)24(27)26-15-14-19-9-12-21(30-17(2)3)23(16-19)28-4/h6-7,9-12,16-17,22H,5,8,13-15H2,1-4H3,(H,26,27)/t22-/m1/s1. The van der Waals surface area contributed by atoms with E-state index in [4.69, 9.17) is 25.8 Å². The minimum Gasteiger partial charge on any atom is -0.493 e. The molecule has 2 rings (SSSR count). The summed E-state index contributed by atoms with van der Waals surface area (Å²) in [5, 5.41) is 3.70. The third-order valence-electron chi connectivity index (χ3n) is 4.57. The van der Waals surface area contributed by atoms with Crippen LogP contribution < -0.4 is 14.8 Å². The average molecular weight is 434 g/mol. The SMILES string of the molecule is CCO[C@H](CCc1ccc(Cl)cc1)C(=O)NCCc1ccc(OC(C)C)c(OC)c1. The van der Waals surface area contributed by atoms with Crippen molar-refractivity contribution in [2.75, 3.05) is 20.3 Å². The Morgan fingerprint density at radius 1 is 1.03 bits per heavy atom. The van der Waals surface area contributed by atoms with E-state index in [0.717, 1.165) is 23.3 Å². The highest BCUT2D eigenvalue weighted by molar-refractivity contribution is 6.30. The molecule has 0 saturated heterocycles. The molecule has 0 heterocycles. The number of benzene rings is 2. The van der Waals surface area contributed by atoms with E-state index in [9.17, 15) is 4.79 Å². The van der Waals surface area contributed by atoms with Crippen molar-refractivity contribution >= 4 is 17.5 Å². The van der Waals surface area contributed by atoms with Gasteiger partial charge in [0.2, 0.25) is 5.91 Å². The van der Waals surface area contributed by atoms with Gasteiger partial charge in [-0.15, -0.1) is 0 Å². The van der Waals surface area contributed by atoms with Crippen LogP contribution in [-0.4, -0.2) is 38.4 Å². The quantitative estimate of drug-likeness (QED) is 0.520. The number of nitrogens with one attached hydrogen (secondary N) is 1. The first-order chi connectivity index (χ1) is 14.4. The predicted octanol–water partition coefficient (Wildman–Crippen LogP) is 4.83. The van der Waals surface area contributed by atoms with Crippen LogP contribution in [-0.2, 0) is 22.4 Å². The topological polar surface area (TPSA) is 56.8 Å². The van der Waals surface area contributed by atoms with Crippen molar-refractivity contribution in [3.63, 3.8) is 0 Å². The van der Waals surface area contributed by atoms with Crippen LogP contribution in [0.1, 0.15) is 38.3 Å². The highest BCUT2D eigenvalue weighted by Gasteiger charge is 2.18. The van der Waals surface area contributed by atoms with Gasteiger partial charge in [-0.3, -0.25) is 4.79 Å². The second-order valence-electron chi connectivity index (χ2n) is 7.30. The average Bonchev–Trinajstić information content (AvgIpc) is 2.72. The molecule has 164 valence electrons. The van der Waals surface area contributed by atoms with E-state index in [-0.39, 0.29) is 12.0 Å². The second kappa shape index (κ2) is 12.5. The molecule has 6 heteroatoms. The number of hydrogen-bond acceptors (Lipinski definition) is 4. The molecular formula is C24H32ClNO4. The molecular weight excluding hydrogens is 402 g/mol. The fourth-order valence-electron chi connectivity index (χ4n) is 3.10. The zero-order valence-corrected chi connectivity index (χ0v) is 19.0. The first kappa shape index (κ1) is 24.0. The number of hydrogen-bond donors (Lipinski definition) is 1. The number of carbonyl (C=O) groups excluding carboxylic acids is 1. The van der Waals surface area contributed by atoms with Crippen molar-refractivity contribution in [2.24, 2.45) is 0 Å². The molecule has 2 aromatic carbocycles. The zero-order valence-electron chi connectivity index (χ0n) is 18.2. The number of rotatable bonds is 12. The van der Waals surface area contributed by atoms with Crippen LogP contribution >= 0.6 is 11.6 Å². The largest absolute Gasteiger partial charge is 0.493 e. The number of halogens is 1. The van der Waals surface area contributed by atoms with E-state index in [1.165, 1.54) is 0 Å². The Labute approximate surface area is 184 Å². The molecule has 0 radical (unpaired) electrons. The maximum Gasteiger partial charge on any atom is 0.249 e. The van der Waals surface area contributed by atoms with Gasteiger partial charge in [-0.2, -0.15) is 0 Å². The number of carbonyl (C=O) groups is 1. The Bertz CT molecular complexity index is 792. The molecule has 1 N–H and O–H groups in total. The molecule has 30 heavy (non-hydrogen) atoms. The van der Waals surface area contributed by atoms with Gasteiger partial charge in [-0.1, -0.05) is 29.8 Å². The van der Waals surface area contributed by atoms with Crippen LogP contribution in [0.25, 0.3) is 0 Å². The van der Waals surface area contributed by atoms with Gasteiger partial charge in [0.1, 0.15) is 6.10 Å². The smallest absolute Gasteiger partial charge is 0.249 e. The highest BCUT2D eigenvalue weighted by atomic mass is 35.5. The minimum absolute atomic E-state index is 0.0763. The third-order valence-corrected chi connectivity index (χ3v) is 4.82. The Hall–Kier alpha value is -2.24. The molecule has 0 aliphatic heterocycles. The summed E-state index contributed by atoms with van der Waals surface area (Å²) in [6.45, 7) is 6.87. The first-order valence-corrected chi connectivity index (χ1v) is 10.8. The van der Waals surface area contributed by atoms with Crippen molar-refractivity contribution in [2.45, 2.75) is 52.2 Å². The Kier molecular flexibility index (Phi) is 9.98. The molecule has 1 amide bonds. The van der Waals surface area contributed by atoms with Crippen molar-refractivity contribution in [1.29, 1.82) is 0 Å². The van der Waals surface area contributed by atoms with Crippen LogP contribution in [0.15, 0.2) is 42.5 Å². The van der Waals surface area contributed by atoms with Crippen molar-refractivity contribution in [3.05, 3.63) is 58.6 Å². The maximum absolute atomic E-state index is 12.6. The summed E-state index contributed by atoms with van der Waals surface area (Å²) in [5.41, 5.74) is 2.20. The molecule has 0 fully saturated rings.